The minimum atomic E-state index is -0.940. The molecule has 0 saturated carbocycles. The Labute approximate surface area is 152 Å². The van der Waals surface area contributed by atoms with E-state index < -0.39 is 18.2 Å². The molecule has 2 aliphatic rings. The number of aliphatic hydroxyl groups excluding tert-OH is 1. The van der Waals surface area contributed by atoms with Crippen molar-refractivity contribution >= 4 is 6.09 Å². The highest BCUT2D eigenvalue weighted by atomic mass is 16.7. The van der Waals surface area contributed by atoms with E-state index in [9.17, 15) is 9.90 Å². The zero-order valence-corrected chi connectivity index (χ0v) is 14.3. The number of benzene rings is 1. The summed E-state index contributed by atoms with van der Waals surface area (Å²) in [7, 11) is 0. The van der Waals surface area contributed by atoms with Gasteiger partial charge in [-0.2, -0.15) is 5.26 Å². The van der Waals surface area contributed by atoms with Crippen molar-refractivity contribution in [3.05, 3.63) is 35.9 Å². The lowest BCUT2D eigenvalue weighted by Crippen LogP contribution is -2.49. The minimum absolute atomic E-state index is 0.0410. The van der Waals surface area contributed by atoms with Gasteiger partial charge in [-0.1, -0.05) is 30.3 Å². The van der Waals surface area contributed by atoms with Crippen molar-refractivity contribution in [1.29, 1.82) is 5.26 Å². The first-order chi connectivity index (χ1) is 12.7. The van der Waals surface area contributed by atoms with Crippen molar-refractivity contribution in [2.75, 3.05) is 19.8 Å². The number of nitrogens with one attached hydrogen (secondary N) is 2. The highest BCUT2D eigenvalue weighted by Gasteiger charge is 2.44. The molecule has 8 nitrogen and oxygen atoms in total. The van der Waals surface area contributed by atoms with E-state index in [0.717, 1.165) is 12.0 Å². The van der Waals surface area contributed by atoms with Gasteiger partial charge in [-0.25, -0.2) is 4.79 Å². The van der Waals surface area contributed by atoms with Crippen LogP contribution >= 0.6 is 0 Å². The van der Waals surface area contributed by atoms with Crippen LogP contribution in [0.3, 0.4) is 0 Å². The molecule has 2 heterocycles. The van der Waals surface area contributed by atoms with Gasteiger partial charge in [0.15, 0.2) is 12.5 Å². The van der Waals surface area contributed by atoms with Gasteiger partial charge in [-0.3, -0.25) is 0 Å². The number of carbonyl (C=O) groups is 1. The summed E-state index contributed by atoms with van der Waals surface area (Å²) in [5.74, 6) is 0.0542. The molecule has 2 saturated heterocycles. The van der Waals surface area contributed by atoms with Gasteiger partial charge in [0.05, 0.1) is 37.8 Å². The number of hydrogen-bond donors (Lipinski definition) is 3. The summed E-state index contributed by atoms with van der Waals surface area (Å²) in [6.07, 6.45) is 0.790. The SMILES string of the molecule is N#CNC[C@@H](O)[C@H](Cc1ccccc1)NC(=O)O[C@H]1CO[C@@H]2OCCC21. The summed E-state index contributed by atoms with van der Waals surface area (Å²) in [6.45, 7) is 0.954. The van der Waals surface area contributed by atoms with Crippen LogP contribution in [0.25, 0.3) is 0 Å². The molecule has 3 N–H and O–H groups in total. The fraction of sp³-hybridized carbons (Fsp3) is 0.556. The first-order valence-electron chi connectivity index (χ1n) is 8.71. The molecular weight excluding hydrogens is 338 g/mol. The Balaban J connectivity index is 1.58. The normalized spacial score (nSPS) is 26.4. The first-order valence-corrected chi connectivity index (χ1v) is 8.71. The van der Waals surface area contributed by atoms with Crippen LogP contribution in [-0.4, -0.2) is 55.5 Å². The average molecular weight is 361 g/mol. The Bertz CT molecular complexity index is 635. The molecule has 140 valence electrons. The fourth-order valence-electron chi connectivity index (χ4n) is 3.31. The molecule has 0 aliphatic carbocycles. The maximum absolute atomic E-state index is 12.3. The second-order valence-electron chi connectivity index (χ2n) is 6.47. The largest absolute Gasteiger partial charge is 0.443 e. The molecule has 0 radical (unpaired) electrons. The van der Waals surface area contributed by atoms with Gasteiger partial charge in [0, 0.05) is 0 Å². The fourth-order valence-corrected chi connectivity index (χ4v) is 3.31. The minimum Gasteiger partial charge on any atom is -0.443 e. The average Bonchev–Trinajstić information content (AvgIpc) is 3.25. The van der Waals surface area contributed by atoms with Crippen LogP contribution in [0.1, 0.15) is 12.0 Å². The summed E-state index contributed by atoms with van der Waals surface area (Å²) in [5.41, 5.74) is 0.960. The molecule has 1 amide bonds. The molecule has 0 bridgehead atoms. The smallest absolute Gasteiger partial charge is 0.407 e. The van der Waals surface area contributed by atoms with Crippen LogP contribution in [0.15, 0.2) is 30.3 Å². The van der Waals surface area contributed by atoms with Crippen molar-refractivity contribution < 1.29 is 24.1 Å². The molecule has 2 fully saturated rings. The lowest BCUT2D eigenvalue weighted by atomic mass is 10.0. The van der Waals surface area contributed by atoms with E-state index in [1.165, 1.54) is 0 Å². The topological polar surface area (TPSA) is 113 Å². The molecule has 1 aromatic rings. The zero-order chi connectivity index (χ0) is 18.4. The van der Waals surface area contributed by atoms with Crippen molar-refractivity contribution in [2.24, 2.45) is 5.92 Å². The number of aliphatic hydroxyl groups is 1. The molecule has 5 atom stereocenters. The number of ether oxygens (including phenoxy) is 3. The third-order valence-electron chi connectivity index (χ3n) is 4.70. The molecule has 0 spiro atoms. The van der Waals surface area contributed by atoms with Crippen LogP contribution in [0.4, 0.5) is 4.79 Å². The van der Waals surface area contributed by atoms with Crippen molar-refractivity contribution in [1.82, 2.24) is 10.6 Å². The van der Waals surface area contributed by atoms with E-state index in [1.807, 2.05) is 30.3 Å². The monoisotopic (exact) mass is 361 g/mol. The number of fused-ring (bicyclic) bond motifs is 1. The Hall–Kier alpha value is -2.34. The van der Waals surface area contributed by atoms with Gasteiger partial charge in [0.25, 0.3) is 0 Å². The van der Waals surface area contributed by atoms with Crippen LogP contribution < -0.4 is 10.6 Å². The summed E-state index contributed by atoms with van der Waals surface area (Å²) in [5, 5.41) is 24.1. The Kier molecular flexibility index (Phi) is 6.28. The van der Waals surface area contributed by atoms with Gasteiger partial charge in [0.1, 0.15) is 6.10 Å². The van der Waals surface area contributed by atoms with Gasteiger partial charge < -0.3 is 30.0 Å². The summed E-state index contributed by atoms with van der Waals surface area (Å²) < 4.78 is 16.4. The molecule has 2 aliphatic heterocycles. The lowest BCUT2D eigenvalue weighted by molar-refractivity contribution is -0.0907. The second-order valence-corrected chi connectivity index (χ2v) is 6.47. The highest BCUT2D eigenvalue weighted by Crippen LogP contribution is 2.32. The number of hydrogen-bond acceptors (Lipinski definition) is 7. The van der Waals surface area contributed by atoms with E-state index in [2.05, 4.69) is 10.6 Å². The summed E-state index contributed by atoms with van der Waals surface area (Å²) >= 11 is 0. The van der Waals surface area contributed by atoms with Crippen LogP contribution in [0.5, 0.6) is 0 Å². The summed E-state index contributed by atoms with van der Waals surface area (Å²) in [6, 6.07) is 8.91. The summed E-state index contributed by atoms with van der Waals surface area (Å²) in [4.78, 5) is 12.3. The van der Waals surface area contributed by atoms with E-state index in [1.54, 1.807) is 6.19 Å². The maximum Gasteiger partial charge on any atom is 0.407 e. The maximum atomic E-state index is 12.3. The van der Waals surface area contributed by atoms with E-state index in [0.29, 0.717) is 19.6 Å². The third-order valence-corrected chi connectivity index (χ3v) is 4.70. The number of rotatable bonds is 7. The Morgan fingerprint density at radius 3 is 2.96 bits per heavy atom. The van der Waals surface area contributed by atoms with E-state index in [-0.39, 0.29) is 24.9 Å². The number of nitrogens with zero attached hydrogens (tertiary/aromatic N) is 1. The molecule has 0 aromatic heterocycles. The molecule has 26 heavy (non-hydrogen) atoms. The standard InChI is InChI=1S/C18H23N3O5/c19-11-20-9-15(22)14(8-12-4-2-1-3-5-12)21-18(23)26-16-10-25-17-13(16)6-7-24-17/h1-5,13-17,20,22H,6-10H2,(H,21,23)/t13?,14-,15+,16-,17-/m0/s1. The van der Waals surface area contributed by atoms with E-state index in [4.69, 9.17) is 19.5 Å². The molecular formula is C18H23N3O5. The van der Waals surface area contributed by atoms with Crippen molar-refractivity contribution in [2.45, 2.75) is 37.4 Å². The first kappa shape index (κ1) is 18.5. The predicted molar refractivity (Wildman–Crippen MR) is 90.8 cm³/mol. The lowest BCUT2D eigenvalue weighted by Gasteiger charge is -2.25. The van der Waals surface area contributed by atoms with E-state index >= 15 is 0 Å². The van der Waals surface area contributed by atoms with Gasteiger partial charge in [-0.05, 0) is 18.4 Å². The zero-order valence-electron chi connectivity index (χ0n) is 14.3. The second kappa shape index (κ2) is 8.85. The van der Waals surface area contributed by atoms with Gasteiger partial charge in [0.2, 0.25) is 0 Å². The Morgan fingerprint density at radius 2 is 2.19 bits per heavy atom. The van der Waals surface area contributed by atoms with Crippen molar-refractivity contribution in [3.63, 3.8) is 0 Å². The molecule has 3 rings (SSSR count). The quantitative estimate of drug-likeness (QED) is 0.479. The number of nitriles is 1. The van der Waals surface area contributed by atoms with Crippen LogP contribution in [-0.2, 0) is 20.6 Å². The predicted octanol–water partition coefficient (Wildman–Crippen LogP) is 0.517. The molecule has 1 unspecified atom stereocenters. The van der Waals surface area contributed by atoms with Crippen LogP contribution in [0, 0.1) is 17.4 Å². The van der Waals surface area contributed by atoms with Gasteiger partial charge >= 0.3 is 6.09 Å². The highest BCUT2D eigenvalue weighted by molar-refractivity contribution is 5.68. The number of alkyl carbamates (subject to hydrolysis) is 1. The number of amides is 1. The molecule has 8 heteroatoms. The van der Waals surface area contributed by atoms with Crippen LogP contribution in [0.2, 0.25) is 0 Å². The third kappa shape index (κ3) is 4.64. The Morgan fingerprint density at radius 1 is 1.38 bits per heavy atom. The van der Waals surface area contributed by atoms with Gasteiger partial charge in [-0.15, -0.1) is 0 Å². The number of carbonyl (C=O) groups excluding carboxylic acids is 1. The molecule has 1 aromatic carbocycles. The van der Waals surface area contributed by atoms with Crippen molar-refractivity contribution in [3.8, 4) is 6.19 Å².